The summed E-state index contributed by atoms with van der Waals surface area (Å²) in [4.78, 5) is 0. The average Bonchev–Trinajstić information content (AvgIpc) is 2.32. The lowest BCUT2D eigenvalue weighted by Crippen LogP contribution is -3.00. The molecule has 1 rings (SSSR count). The molecular formula is C10H19BrClN. The lowest BCUT2D eigenvalue weighted by atomic mass is 10.2. The van der Waals surface area contributed by atoms with Crippen LogP contribution in [0.1, 0.15) is 25.7 Å². The minimum atomic E-state index is 0. The van der Waals surface area contributed by atoms with Gasteiger partial charge in [-0.1, -0.05) is 22.5 Å². The number of quaternary nitrogens is 1. The third-order valence-electron chi connectivity index (χ3n) is 2.89. The molecule has 1 fully saturated rings. The van der Waals surface area contributed by atoms with Crippen molar-refractivity contribution in [3.05, 3.63) is 11.1 Å². The minimum Gasteiger partial charge on any atom is -1.00 e. The van der Waals surface area contributed by atoms with Crippen molar-refractivity contribution in [3.63, 3.8) is 0 Å². The van der Waals surface area contributed by atoms with Crippen molar-refractivity contribution >= 4 is 15.9 Å². The van der Waals surface area contributed by atoms with Crippen LogP contribution in [-0.4, -0.2) is 31.2 Å². The van der Waals surface area contributed by atoms with E-state index in [4.69, 9.17) is 0 Å². The fourth-order valence-corrected chi connectivity index (χ4v) is 2.82. The summed E-state index contributed by atoms with van der Waals surface area (Å²) in [6, 6.07) is 0.860. The number of likely N-dealkylation sites (N-methyl/N-ethyl adjacent to an activating group) is 1. The van der Waals surface area contributed by atoms with Gasteiger partial charge < -0.3 is 16.9 Å². The first-order valence-electron chi connectivity index (χ1n) is 4.68. The maximum Gasteiger partial charge on any atom is 0.110 e. The molecule has 0 atom stereocenters. The maximum absolute atomic E-state index is 3.91. The van der Waals surface area contributed by atoms with E-state index < -0.39 is 0 Å². The molecule has 0 saturated heterocycles. The second kappa shape index (κ2) is 5.38. The monoisotopic (exact) mass is 267 g/mol. The van der Waals surface area contributed by atoms with E-state index in [0.29, 0.717) is 0 Å². The SMILES string of the molecule is C=C(Br)C[N+](C)(C)C1CCCC1.[Cl-]. The van der Waals surface area contributed by atoms with Crippen LogP contribution in [0.5, 0.6) is 0 Å². The zero-order chi connectivity index (χ0) is 9.19. The molecule has 0 aromatic heterocycles. The molecule has 0 aromatic carbocycles. The van der Waals surface area contributed by atoms with Gasteiger partial charge in [-0.25, -0.2) is 0 Å². The molecule has 0 aromatic rings. The summed E-state index contributed by atoms with van der Waals surface area (Å²) < 4.78 is 2.23. The van der Waals surface area contributed by atoms with Gasteiger partial charge in [0.15, 0.2) is 0 Å². The van der Waals surface area contributed by atoms with Gasteiger partial charge in [-0.2, -0.15) is 0 Å². The highest BCUT2D eigenvalue weighted by atomic mass is 79.9. The summed E-state index contributed by atoms with van der Waals surface area (Å²) in [5, 5.41) is 0. The van der Waals surface area contributed by atoms with Crippen LogP contribution in [0.3, 0.4) is 0 Å². The van der Waals surface area contributed by atoms with Crippen LogP contribution >= 0.6 is 15.9 Å². The van der Waals surface area contributed by atoms with Crippen LogP contribution in [0.15, 0.2) is 11.1 Å². The van der Waals surface area contributed by atoms with Crippen LogP contribution in [0, 0.1) is 0 Å². The number of hydrogen-bond donors (Lipinski definition) is 0. The molecule has 1 aliphatic rings. The highest BCUT2D eigenvalue weighted by Gasteiger charge is 2.30. The molecule has 0 aliphatic heterocycles. The largest absolute Gasteiger partial charge is 1.00 e. The predicted molar refractivity (Wildman–Crippen MR) is 57.3 cm³/mol. The summed E-state index contributed by atoms with van der Waals surface area (Å²) in [5.74, 6) is 0. The molecule has 0 heterocycles. The molecule has 78 valence electrons. The van der Waals surface area contributed by atoms with Crippen molar-refractivity contribution in [1.82, 2.24) is 0 Å². The molecule has 0 N–H and O–H groups in total. The van der Waals surface area contributed by atoms with Gasteiger partial charge >= 0.3 is 0 Å². The number of nitrogens with zero attached hydrogens (tertiary/aromatic N) is 1. The van der Waals surface area contributed by atoms with E-state index in [2.05, 4.69) is 36.6 Å². The van der Waals surface area contributed by atoms with Gasteiger partial charge in [-0.05, 0) is 25.7 Å². The average molecular weight is 269 g/mol. The number of hydrogen-bond acceptors (Lipinski definition) is 0. The van der Waals surface area contributed by atoms with E-state index in [0.717, 1.165) is 21.6 Å². The predicted octanol–water partition coefficient (Wildman–Crippen LogP) is -0.0820. The van der Waals surface area contributed by atoms with E-state index in [1.54, 1.807) is 0 Å². The first-order chi connectivity index (χ1) is 5.52. The molecule has 0 unspecified atom stereocenters. The lowest BCUT2D eigenvalue weighted by molar-refractivity contribution is -0.909. The molecule has 0 bridgehead atoms. The molecule has 0 radical (unpaired) electrons. The van der Waals surface area contributed by atoms with E-state index in [9.17, 15) is 0 Å². The van der Waals surface area contributed by atoms with Crippen LogP contribution in [-0.2, 0) is 0 Å². The Balaban J connectivity index is 0.00000144. The molecule has 1 aliphatic carbocycles. The zero-order valence-corrected chi connectivity index (χ0v) is 10.9. The standard InChI is InChI=1S/C10H19BrN.ClH/c1-9(11)8-12(2,3)10-6-4-5-7-10;/h10H,1,4-8H2,2-3H3;1H/q+1;/p-1. The maximum atomic E-state index is 3.91. The Hall–Kier alpha value is 0.470. The number of halogens is 2. The highest BCUT2D eigenvalue weighted by Crippen LogP contribution is 2.27. The highest BCUT2D eigenvalue weighted by molar-refractivity contribution is 9.11. The third kappa shape index (κ3) is 4.01. The normalized spacial score (nSPS) is 18.4. The van der Waals surface area contributed by atoms with Gasteiger partial charge in [0.25, 0.3) is 0 Å². The molecule has 0 amide bonds. The molecule has 0 spiro atoms. The van der Waals surface area contributed by atoms with Gasteiger partial charge in [0.2, 0.25) is 0 Å². The third-order valence-corrected chi connectivity index (χ3v) is 3.14. The minimum absolute atomic E-state index is 0. The van der Waals surface area contributed by atoms with Crippen molar-refractivity contribution in [2.24, 2.45) is 0 Å². The Morgan fingerprint density at radius 2 is 1.85 bits per heavy atom. The van der Waals surface area contributed by atoms with Crippen molar-refractivity contribution in [2.75, 3.05) is 20.6 Å². The molecule has 13 heavy (non-hydrogen) atoms. The Morgan fingerprint density at radius 1 is 1.38 bits per heavy atom. The second-order valence-corrected chi connectivity index (χ2v) is 5.51. The second-order valence-electron chi connectivity index (χ2n) is 4.39. The zero-order valence-electron chi connectivity index (χ0n) is 8.52. The molecular weight excluding hydrogens is 249 g/mol. The Morgan fingerprint density at radius 3 is 2.23 bits per heavy atom. The van der Waals surface area contributed by atoms with Gasteiger partial charge in [-0.3, -0.25) is 0 Å². The van der Waals surface area contributed by atoms with Gasteiger partial charge in [0.1, 0.15) is 6.54 Å². The van der Waals surface area contributed by atoms with Gasteiger partial charge in [0, 0.05) is 4.48 Å². The lowest BCUT2D eigenvalue weighted by Gasteiger charge is -2.35. The van der Waals surface area contributed by atoms with E-state index >= 15 is 0 Å². The summed E-state index contributed by atoms with van der Waals surface area (Å²) in [7, 11) is 4.62. The van der Waals surface area contributed by atoms with E-state index in [1.807, 2.05) is 0 Å². The van der Waals surface area contributed by atoms with Crippen LogP contribution in [0.4, 0.5) is 0 Å². The van der Waals surface area contributed by atoms with E-state index in [1.165, 1.54) is 25.7 Å². The number of rotatable bonds is 3. The quantitative estimate of drug-likeness (QED) is 0.628. The van der Waals surface area contributed by atoms with Crippen molar-refractivity contribution < 1.29 is 16.9 Å². The molecule has 1 nitrogen and oxygen atoms in total. The van der Waals surface area contributed by atoms with Gasteiger partial charge in [0.05, 0.1) is 20.1 Å². The Labute approximate surface area is 96.3 Å². The first kappa shape index (κ1) is 13.5. The van der Waals surface area contributed by atoms with Gasteiger partial charge in [-0.15, -0.1) is 0 Å². The Kier molecular flexibility index (Phi) is 5.57. The Bertz CT molecular complexity index is 174. The summed E-state index contributed by atoms with van der Waals surface area (Å²) >= 11 is 3.45. The summed E-state index contributed by atoms with van der Waals surface area (Å²) in [5.41, 5.74) is 0. The fraction of sp³-hybridized carbons (Fsp3) is 0.800. The fourth-order valence-electron chi connectivity index (χ4n) is 2.17. The summed E-state index contributed by atoms with van der Waals surface area (Å²) in [6.45, 7) is 4.97. The van der Waals surface area contributed by atoms with Crippen LogP contribution in [0.25, 0.3) is 0 Å². The first-order valence-corrected chi connectivity index (χ1v) is 5.47. The molecule has 3 heteroatoms. The van der Waals surface area contributed by atoms with Crippen LogP contribution in [0.2, 0.25) is 0 Å². The van der Waals surface area contributed by atoms with Crippen molar-refractivity contribution in [3.8, 4) is 0 Å². The smallest absolute Gasteiger partial charge is 0.110 e. The van der Waals surface area contributed by atoms with Crippen LogP contribution < -0.4 is 12.4 Å². The van der Waals surface area contributed by atoms with E-state index in [-0.39, 0.29) is 12.4 Å². The molecule has 1 saturated carbocycles. The topological polar surface area (TPSA) is 0 Å². The summed E-state index contributed by atoms with van der Waals surface area (Å²) in [6.07, 6.45) is 5.63. The van der Waals surface area contributed by atoms with Crippen molar-refractivity contribution in [1.29, 1.82) is 0 Å². The van der Waals surface area contributed by atoms with Crippen molar-refractivity contribution in [2.45, 2.75) is 31.7 Å².